The van der Waals surface area contributed by atoms with Gasteiger partial charge in [0.05, 0.1) is 4.90 Å². The molecule has 1 amide bonds. The molecule has 0 bridgehead atoms. The number of benzene rings is 2. The number of carbonyl (C=O) groups excluding carboxylic acids is 1. The molecule has 0 spiro atoms. The van der Waals surface area contributed by atoms with Gasteiger partial charge in [-0.3, -0.25) is 4.79 Å². The fourth-order valence-electron chi connectivity index (χ4n) is 3.42. The van der Waals surface area contributed by atoms with Crippen molar-refractivity contribution in [1.82, 2.24) is 9.62 Å². The van der Waals surface area contributed by atoms with E-state index < -0.39 is 10.0 Å². The second kappa shape index (κ2) is 8.67. The molecule has 1 saturated heterocycles. The second-order valence-corrected chi connectivity index (χ2v) is 8.94. The second-order valence-electron chi connectivity index (χ2n) is 7.04. The number of rotatable bonds is 6. The van der Waals surface area contributed by atoms with E-state index >= 15 is 0 Å². The Morgan fingerprint density at radius 3 is 2.48 bits per heavy atom. The molecule has 2 aromatic rings. The van der Waals surface area contributed by atoms with E-state index in [1.165, 1.54) is 9.87 Å². The van der Waals surface area contributed by atoms with Crippen LogP contribution in [0.2, 0.25) is 0 Å². The van der Waals surface area contributed by atoms with E-state index in [0.717, 1.165) is 18.4 Å². The molecule has 1 fully saturated rings. The molecule has 1 atom stereocenters. The highest BCUT2D eigenvalue weighted by atomic mass is 32.2. The molecule has 1 N–H and O–H groups in total. The molecule has 5 nitrogen and oxygen atoms in total. The number of carbonyl (C=O) groups is 1. The Morgan fingerprint density at radius 2 is 1.78 bits per heavy atom. The summed E-state index contributed by atoms with van der Waals surface area (Å²) in [5.74, 6) is -0.115. The number of hydrogen-bond acceptors (Lipinski definition) is 3. The van der Waals surface area contributed by atoms with Crippen LogP contribution in [0.25, 0.3) is 0 Å². The molecule has 144 valence electrons. The lowest BCUT2D eigenvalue weighted by Crippen LogP contribution is -2.45. The maximum absolute atomic E-state index is 13.0. The lowest BCUT2D eigenvalue weighted by atomic mass is 10.0. The number of aryl methyl sites for hydroxylation is 1. The van der Waals surface area contributed by atoms with Gasteiger partial charge in [-0.1, -0.05) is 54.4 Å². The van der Waals surface area contributed by atoms with Crippen LogP contribution in [0.1, 0.15) is 36.8 Å². The summed E-state index contributed by atoms with van der Waals surface area (Å²) in [5, 5.41) is 2.92. The Labute approximate surface area is 161 Å². The monoisotopic (exact) mass is 386 g/mol. The van der Waals surface area contributed by atoms with Crippen molar-refractivity contribution < 1.29 is 13.2 Å². The van der Waals surface area contributed by atoms with Crippen molar-refractivity contribution in [2.75, 3.05) is 6.54 Å². The predicted molar refractivity (Wildman–Crippen MR) is 106 cm³/mol. The van der Waals surface area contributed by atoms with Gasteiger partial charge in [0.15, 0.2) is 0 Å². The SMILES string of the molecule is Cc1ccc(CNC(=O)C[C@@H]2CCCCN2S(=O)(=O)c2ccccc2)cc1. The van der Waals surface area contributed by atoms with Crippen molar-refractivity contribution in [1.29, 1.82) is 0 Å². The maximum atomic E-state index is 13.0. The quantitative estimate of drug-likeness (QED) is 0.829. The van der Waals surface area contributed by atoms with Gasteiger partial charge in [0.1, 0.15) is 0 Å². The molecule has 2 aromatic carbocycles. The van der Waals surface area contributed by atoms with Crippen molar-refractivity contribution >= 4 is 15.9 Å². The third kappa shape index (κ3) is 4.96. The lowest BCUT2D eigenvalue weighted by Gasteiger charge is -2.34. The smallest absolute Gasteiger partial charge is 0.243 e. The van der Waals surface area contributed by atoms with Gasteiger partial charge in [-0.15, -0.1) is 0 Å². The number of nitrogens with zero attached hydrogens (tertiary/aromatic N) is 1. The summed E-state index contributed by atoms with van der Waals surface area (Å²) in [6.45, 7) is 2.94. The molecule has 1 aliphatic heterocycles. The fourth-order valence-corrected chi connectivity index (χ4v) is 5.13. The van der Waals surface area contributed by atoms with Crippen molar-refractivity contribution in [3.8, 4) is 0 Å². The molecule has 1 heterocycles. The highest BCUT2D eigenvalue weighted by molar-refractivity contribution is 7.89. The highest BCUT2D eigenvalue weighted by Gasteiger charge is 2.34. The van der Waals surface area contributed by atoms with Crippen LogP contribution < -0.4 is 5.32 Å². The van der Waals surface area contributed by atoms with E-state index in [4.69, 9.17) is 0 Å². The van der Waals surface area contributed by atoms with Gasteiger partial charge in [0.25, 0.3) is 0 Å². The number of hydrogen-bond donors (Lipinski definition) is 1. The zero-order valence-corrected chi connectivity index (χ0v) is 16.4. The van der Waals surface area contributed by atoms with E-state index in [0.29, 0.717) is 19.5 Å². The van der Waals surface area contributed by atoms with E-state index in [-0.39, 0.29) is 23.3 Å². The normalized spacial score (nSPS) is 18.2. The van der Waals surface area contributed by atoms with Crippen LogP contribution in [0.4, 0.5) is 0 Å². The average Bonchev–Trinajstić information content (AvgIpc) is 2.68. The molecule has 0 aliphatic carbocycles. The van der Waals surface area contributed by atoms with Crippen molar-refractivity contribution in [3.63, 3.8) is 0 Å². The molecule has 0 radical (unpaired) electrons. The standard InChI is InChI=1S/C21H26N2O3S/c1-17-10-12-18(13-11-17)16-22-21(24)15-19-7-5-6-14-23(19)27(25,26)20-8-3-2-4-9-20/h2-4,8-13,19H,5-7,14-16H2,1H3,(H,22,24)/t19-/m0/s1. The van der Waals surface area contributed by atoms with E-state index in [1.807, 2.05) is 31.2 Å². The van der Waals surface area contributed by atoms with Crippen LogP contribution in [0, 0.1) is 6.92 Å². The van der Waals surface area contributed by atoms with Gasteiger partial charge in [-0.05, 0) is 37.5 Å². The van der Waals surface area contributed by atoms with Gasteiger partial charge >= 0.3 is 0 Å². The van der Waals surface area contributed by atoms with Gasteiger partial charge < -0.3 is 5.32 Å². The molecule has 1 aliphatic rings. The summed E-state index contributed by atoms with van der Waals surface area (Å²) in [5.41, 5.74) is 2.21. The van der Waals surface area contributed by atoms with E-state index in [9.17, 15) is 13.2 Å². The minimum Gasteiger partial charge on any atom is -0.352 e. The molecule has 3 rings (SSSR count). The Bertz CT molecular complexity index is 864. The topological polar surface area (TPSA) is 66.5 Å². The Balaban J connectivity index is 1.65. The summed E-state index contributed by atoms with van der Waals surface area (Å²) < 4.78 is 27.5. The molecule has 0 unspecified atom stereocenters. The minimum absolute atomic E-state index is 0.115. The first kappa shape index (κ1) is 19.6. The average molecular weight is 387 g/mol. The van der Waals surface area contributed by atoms with E-state index in [2.05, 4.69) is 5.32 Å². The molecule has 0 aromatic heterocycles. The maximum Gasteiger partial charge on any atom is 0.243 e. The largest absolute Gasteiger partial charge is 0.352 e. The first-order valence-corrected chi connectivity index (χ1v) is 10.8. The van der Waals surface area contributed by atoms with Crippen LogP contribution in [0.5, 0.6) is 0 Å². The molecular weight excluding hydrogens is 360 g/mol. The Kier molecular flexibility index (Phi) is 6.29. The zero-order chi connectivity index (χ0) is 19.3. The van der Waals surface area contributed by atoms with Gasteiger partial charge in [0.2, 0.25) is 15.9 Å². The first-order valence-electron chi connectivity index (χ1n) is 9.36. The molecule has 27 heavy (non-hydrogen) atoms. The number of nitrogens with one attached hydrogen (secondary N) is 1. The summed E-state index contributed by atoms with van der Waals surface area (Å²) in [6.07, 6.45) is 2.67. The number of amides is 1. The van der Waals surface area contributed by atoms with Gasteiger partial charge in [-0.2, -0.15) is 4.31 Å². The summed E-state index contributed by atoms with van der Waals surface area (Å²) >= 11 is 0. The minimum atomic E-state index is -3.58. The third-order valence-corrected chi connectivity index (χ3v) is 6.92. The van der Waals surface area contributed by atoms with E-state index in [1.54, 1.807) is 30.3 Å². The summed E-state index contributed by atoms with van der Waals surface area (Å²) in [4.78, 5) is 12.7. The molecule has 0 saturated carbocycles. The van der Waals surface area contributed by atoms with Crippen molar-refractivity contribution in [3.05, 3.63) is 65.7 Å². The van der Waals surface area contributed by atoms with Crippen LogP contribution in [-0.2, 0) is 21.4 Å². The molecular formula is C21H26N2O3S. The summed E-state index contributed by atoms with van der Waals surface area (Å²) in [6, 6.07) is 16.2. The van der Waals surface area contributed by atoms with Crippen LogP contribution in [0.3, 0.4) is 0 Å². The zero-order valence-electron chi connectivity index (χ0n) is 15.6. The summed E-state index contributed by atoms with van der Waals surface area (Å²) in [7, 11) is -3.58. The highest BCUT2D eigenvalue weighted by Crippen LogP contribution is 2.27. The number of sulfonamides is 1. The van der Waals surface area contributed by atoms with Crippen LogP contribution in [0.15, 0.2) is 59.5 Å². The van der Waals surface area contributed by atoms with Crippen molar-refractivity contribution in [2.24, 2.45) is 0 Å². The van der Waals surface area contributed by atoms with Gasteiger partial charge in [0, 0.05) is 25.6 Å². The van der Waals surface area contributed by atoms with Gasteiger partial charge in [-0.25, -0.2) is 8.42 Å². The Hall–Kier alpha value is -2.18. The first-order chi connectivity index (χ1) is 13.0. The van der Waals surface area contributed by atoms with Crippen molar-refractivity contribution in [2.45, 2.75) is 50.1 Å². The molecule has 6 heteroatoms. The third-order valence-electron chi connectivity index (χ3n) is 4.95. The predicted octanol–water partition coefficient (Wildman–Crippen LogP) is 3.24. The van der Waals surface area contributed by atoms with Crippen LogP contribution in [-0.4, -0.2) is 31.2 Å². The van der Waals surface area contributed by atoms with Crippen LogP contribution >= 0.6 is 0 Å². The lowest BCUT2D eigenvalue weighted by molar-refractivity contribution is -0.122. The Morgan fingerprint density at radius 1 is 1.07 bits per heavy atom. The fraction of sp³-hybridized carbons (Fsp3) is 0.381. The number of piperidine rings is 1.